The fraction of sp³-hybridized carbons (Fsp3) is 0.619. The number of hydrogen-bond acceptors (Lipinski definition) is 11. The topological polar surface area (TPSA) is 183 Å². The van der Waals surface area contributed by atoms with Gasteiger partial charge >= 0.3 is 0 Å². The first-order chi connectivity index (χ1) is 27.1. The summed E-state index contributed by atoms with van der Waals surface area (Å²) in [6.45, 7) is 13.8. The Morgan fingerprint density at radius 1 is 0.965 bits per heavy atom. The number of aliphatic hydroxyl groups excluding tert-OH is 1. The highest BCUT2D eigenvalue weighted by atomic mass is 16.3. The Morgan fingerprint density at radius 3 is 2.28 bits per heavy atom. The number of pyridine rings is 2. The van der Waals surface area contributed by atoms with Crippen molar-refractivity contribution >= 4 is 52.0 Å². The van der Waals surface area contributed by atoms with Crippen molar-refractivity contribution in [3.05, 3.63) is 46.0 Å². The number of aromatic nitrogens is 4. The maximum absolute atomic E-state index is 13.5. The molecule has 0 radical (unpaired) electrons. The summed E-state index contributed by atoms with van der Waals surface area (Å²) in [5.74, 6) is 0.391. The van der Waals surface area contributed by atoms with E-state index >= 15 is 0 Å². The van der Waals surface area contributed by atoms with Crippen molar-refractivity contribution in [3.8, 4) is 0 Å². The van der Waals surface area contributed by atoms with E-state index in [1.807, 2.05) is 44.7 Å². The number of aryl methyl sites for hydroxylation is 1. The predicted octanol–water partition coefficient (Wildman–Crippen LogP) is 4.67. The van der Waals surface area contributed by atoms with Crippen LogP contribution in [0.4, 0.5) is 17.5 Å². The van der Waals surface area contributed by atoms with E-state index in [0.717, 1.165) is 37.8 Å². The molecule has 15 nitrogen and oxygen atoms in total. The Morgan fingerprint density at radius 2 is 1.67 bits per heavy atom. The molecule has 0 bridgehead atoms. The number of fused-ring (bicyclic) bond motifs is 1. The van der Waals surface area contributed by atoms with Crippen LogP contribution in [-0.2, 0) is 14.4 Å². The molecule has 3 N–H and O–H groups in total. The zero-order chi connectivity index (χ0) is 41.0. The third kappa shape index (κ3) is 9.62. The van der Waals surface area contributed by atoms with Crippen LogP contribution in [0, 0.1) is 12.3 Å². The third-order valence-corrected chi connectivity index (χ3v) is 11.8. The second-order valence-corrected chi connectivity index (χ2v) is 17.2. The second kappa shape index (κ2) is 17.7. The number of nitrogens with one attached hydrogen (secondary N) is 2. The number of piperazine rings is 1. The Kier molecular flexibility index (Phi) is 12.9. The van der Waals surface area contributed by atoms with Gasteiger partial charge < -0.3 is 30.4 Å². The number of carbonyl (C=O) groups excluding carboxylic acids is 4. The van der Waals surface area contributed by atoms with Gasteiger partial charge in [-0.15, -0.1) is 0 Å². The highest BCUT2D eigenvalue weighted by Gasteiger charge is 2.40. The van der Waals surface area contributed by atoms with Gasteiger partial charge in [0.05, 0.1) is 23.6 Å². The molecule has 0 spiro atoms. The second-order valence-electron chi connectivity index (χ2n) is 17.2. The van der Waals surface area contributed by atoms with Crippen molar-refractivity contribution in [2.75, 3.05) is 42.9 Å². The van der Waals surface area contributed by atoms with E-state index in [9.17, 15) is 29.1 Å². The van der Waals surface area contributed by atoms with E-state index in [4.69, 9.17) is 4.98 Å². The molecule has 2 aliphatic heterocycles. The summed E-state index contributed by atoms with van der Waals surface area (Å²) in [5, 5.41) is 16.8. The number of anilines is 3. The lowest BCUT2D eigenvalue weighted by Crippen LogP contribution is -2.55. The molecule has 6 rings (SSSR count). The molecule has 3 aromatic heterocycles. The van der Waals surface area contributed by atoms with Crippen molar-refractivity contribution in [2.24, 2.45) is 5.41 Å². The minimum absolute atomic E-state index is 0.00607. The van der Waals surface area contributed by atoms with Crippen LogP contribution in [0.3, 0.4) is 0 Å². The fourth-order valence-corrected chi connectivity index (χ4v) is 8.54. The van der Waals surface area contributed by atoms with Gasteiger partial charge in [0.1, 0.15) is 17.5 Å². The van der Waals surface area contributed by atoms with Crippen LogP contribution in [0.15, 0.2) is 29.3 Å². The van der Waals surface area contributed by atoms with Crippen molar-refractivity contribution in [1.82, 2.24) is 34.6 Å². The average molecular weight is 786 g/mol. The van der Waals surface area contributed by atoms with Crippen LogP contribution in [0.25, 0.3) is 11.0 Å². The normalized spacial score (nSPS) is 19.6. The molecular weight excluding hydrogens is 727 g/mol. The van der Waals surface area contributed by atoms with Gasteiger partial charge in [-0.05, 0) is 76.0 Å². The fourth-order valence-electron chi connectivity index (χ4n) is 8.54. The Labute approximate surface area is 334 Å². The van der Waals surface area contributed by atoms with E-state index in [1.54, 1.807) is 28.8 Å². The van der Waals surface area contributed by atoms with E-state index in [0.29, 0.717) is 80.2 Å². The van der Waals surface area contributed by atoms with Crippen LogP contribution in [0.2, 0.25) is 0 Å². The Hall–Kier alpha value is -4.92. The van der Waals surface area contributed by atoms with Gasteiger partial charge in [0.15, 0.2) is 5.78 Å². The Bertz CT molecular complexity index is 2010. The van der Waals surface area contributed by atoms with Gasteiger partial charge in [0.25, 0.3) is 5.56 Å². The van der Waals surface area contributed by atoms with Gasteiger partial charge in [-0.25, -0.2) is 9.97 Å². The van der Waals surface area contributed by atoms with Gasteiger partial charge in [-0.3, -0.25) is 28.5 Å². The van der Waals surface area contributed by atoms with E-state index < -0.39 is 17.6 Å². The highest BCUT2D eigenvalue weighted by molar-refractivity contribution is 5.99. The van der Waals surface area contributed by atoms with Crippen molar-refractivity contribution < 1.29 is 24.3 Å². The highest BCUT2D eigenvalue weighted by Crippen LogP contribution is 2.32. The first-order valence-corrected chi connectivity index (χ1v) is 20.6. The smallest absolute Gasteiger partial charge is 0.263 e. The molecular formula is C42H59N9O6. The third-order valence-electron chi connectivity index (χ3n) is 11.8. The number of hydrogen-bond donors (Lipinski definition) is 3. The minimum Gasteiger partial charge on any atom is -0.391 e. The van der Waals surface area contributed by atoms with Crippen LogP contribution < -0.4 is 21.1 Å². The van der Waals surface area contributed by atoms with Crippen LogP contribution in [0.1, 0.15) is 121 Å². The van der Waals surface area contributed by atoms with E-state index in [2.05, 4.69) is 25.5 Å². The number of likely N-dealkylation sites (tertiary alicyclic amines) is 1. The molecule has 3 fully saturated rings. The van der Waals surface area contributed by atoms with Gasteiger partial charge in [0, 0.05) is 69.2 Å². The number of Topliss-reactive ketones (excluding diaryl/α,β-unsaturated/α-hetero) is 1. The van der Waals surface area contributed by atoms with E-state index in [-0.39, 0.29) is 59.7 Å². The lowest BCUT2D eigenvalue weighted by atomic mass is 9.85. The first kappa shape index (κ1) is 41.7. The number of amides is 3. The number of β-amino-alcohol motifs (C(OH)–C–C–N with tert-alkyl or cyclic N) is 1. The summed E-state index contributed by atoms with van der Waals surface area (Å²) in [4.78, 5) is 84.8. The monoisotopic (exact) mass is 785 g/mol. The average Bonchev–Trinajstić information content (AvgIpc) is 3.82. The molecule has 1 aliphatic carbocycles. The summed E-state index contributed by atoms with van der Waals surface area (Å²) in [5.41, 5.74) is 1.49. The van der Waals surface area contributed by atoms with Gasteiger partial charge in [0.2, 0.25) is 23.7 Å². The molecule has 5 heterocycles. The molecule has 3 amide bonds. The van der Waals surface area contributed by atoms with Crippen LogP contribution in [-0.4, -0.2) is 109 Å². The number of rotatable bonds is 13. The SMILES string of the molecule is CC(=O)c1c(C)c2cnc(Nc3ccc(N4CCN(C(=O)CCCCCC(=O)N[C@H](C(=O)N5C[C@H](O)C[C@H]5C)C(C)(C)C)CC4)cn3)nc2n(C2CCCC2)c1=O. The Balaban J connectivity index is 0.951. The molecule has 0 aromatic carbocycles. The summed E-state index contributed by atoms with van der Waals surface area (Å²) < 4.78 is 1.69. The zero-order valence-electron chi connectivity index (χ0n) is 34.3. The lowest BCUT2D eigenvalue weighted by Gasteiger charge is -2.36. The molecule has 0 unspecified atom stereocenters. The number of ketones is 1. The zero-order valence-corrected chi connectivity index (χ0v) is 34.3. The standard InChI is InChI=1S/C42H59N9O6/c1-26-22-31(53)25-50(26)40(57)37(42(4,5)6)46-34(54)14-8-7-9-15-35(55)49-20-18-48(19-21-49)30-16-17-33(43-23-30)45-41-44-24-32-27(2)36(28(3)52)39(56)51(38(32)47-41)29-12-10-11-13-29/h16-17,23-24,26,29,31,37,53H,7-15,18-22,25H2,1-6H3,(H,46,54)(H,43,44,45,47)/t26-,31-,37-/m1/s1. The molecule has 3 aliphatic rings. The van der Waals surface area contributed by atoms with Gasteiger partial charge in [-0.1, -0.05) is 40.0 Å². The molecule has 15 heteroatoms. The van der Waals surface area contributed by atoms with Crippen molar-refractivity contribution in [3.63, 3.8) is 0 Å². The molecule has 308 valence electrons. The predicted molar refractivity (Wildman–Crippen MR) is 219 cm³/mol. The maximum Gasteiger partial charge on any atom is 0.263 e. The summed E-state index contributed by atoms with van der Waals surface area (Å²) in [6, 6.07) is 3.08. The number of carbonyl (C=O) groups is 4. The largest absolute Gasteiger partial charge is 0.391 e. The van der Waals surface area contributed by atoms with Crippen molar-refractivity contribution in [1.29, 1.82) is 0 Å². The lowest BCUT2D eigenvalue weighted by molar-refractivity contribution is -0.140. The minimum atomic E-state index is -0.674. The summed E-state index contributed by atoms with van der Waals surface area (Å²) in [7, 11) is 0. The molecule has 1 saturated carbocycles. The first-order valence-electron chi connectivity index (χ1n) is 20.6. The van der Waals surface area contributed by atoms with Crippen molar-refractivity contribution in [2.45, 2.75) is 130 Å². The number of unbranched alkanes of at least 4 members (excludes halogenated alkanes) is 2. The maximum atomic E-state index is 13.5. The summed E-state index contributed by atoms with van der Waals surface area (Å²) >= 11 is 0. The van der Waals surface area contributed by atoms with Crippen LogP contribution in [0.5, 0.6) is 0 Å². The van der Waals surface area contributed by atoms with Crippen LogP contribution >= 0.6 is 0 Å². The number of aliphatic hydroxyl groups is 1. The molecule has 3 aromatic rings. The van der Waals surface area contributed by atoms with Gasteiger partial charge in [-0.2, -0.15) is 4.98 Å². The molecule has 3 atom stereocenters. The van der Waals surface area contributed by atoms with E-state index in [1.165, 1.54) is 6.92 Å². The molecule has 2 saturated heterocycles. The summed E-state index contributed by atoms with van der Waals surface area (Å²) in [6.07, 6.45) is 10.0. The molecule has 57 heavy (non-hydrogen) atoms. The quantitative estimate of drug-likeness (QED) is 0.162. The number of nitrogens with zero attached hydrogens (tertiary/aromatic N) is 7.